The zero-order chi connectivity index (χ0) is 28.2. The first-order valence-electron chi connectivity index (χ1n) is 12.2. The van der Waals surface area contributed by atoms with E-state index in [1.54, 1.807) is 25.1 Å². The summed E-state index contributed by atoms with van der Waals surface area (Å²) in [5.74, 6) is -0.830. The second-order valence-electron chi connectivity index (χ2n) is 9.56. The summed E-state index contributed by atoms with van der Waals surface area (Å²) in [6.45, 7) is 1.59. The number of phenols is 2. The lowest BCUT2D eigenvalue weighted by molar-refractivity contribution is -0.124. The van der Waals surface area contributed by atoms with Gasteiger partial charge in [0.15, 0.2) is 5.78 Å². The van der Waals surface area contributed by atoms with Gasteiger partial charge in [-0.1, -0.05) is 60.1 Å². The minimum absolute atomic E-state index is 0.0100. The molecule has 39 heavy (non-hydrogen) atoms. The summed E-state index contributed by atoms with van der Waals surface area (Å²) in [4.78, 5) is 25.6. The van der Waals surface area contributed by atoms with Gasteiger partial charge in [0, 0.05) is 24.0 Å². The molecule has 0 aromatic heterocycles. The van der Waals surface area contributed by atoms with E-state index >= 15 is 0 Å². The van der Waals surface area contributed by atoms with Crippen LogP contribution in [0, 0.1) is 0 Å². The van der Waals surface area contributed by atoms with Gasteiger partial charge in [0.2, 0.25) is 0 Å². The van der Waals surface area contributed by atoms with Gasteiger partial charge < -0.3 is 21.1 Å². The number of hydrazone groups is 1. The number of rotatable bonds is 9. The van der Waals surface area contributed by atoms with Crippen LogP contribution in [0.4, 0.5) is 0 Å². The van der Waals surface area contributed by atoms with Crippen molar-refractivity contribution < 1.29 is 24.9 Å². The highest BCUT2D eigenvalue weighted by Crippen LogP contribution is 2.28. The van der Waals surface area contributed by atoms with E-state index < -0.39 is 17.6 Å². The number of halogens is 1. The Morgan fingerprint density at radius 1 is 1.03 bits per heavy atom. The third kappa shape index (κ3) is 6.61. The number of aromatic hydroxyl groups is 2. The first-order valence-corrected chi connectivity index (χ1v) is 12.5. The Morgan fingerprint density at radius 2 is 1.77 bits per heavy atom. The van der Waals surface area contributed by atoms with Gasteiger partial charge in [-0.25, -0.2) is 5.43 Å². The molecule has 0 fully saturated rings. The van der Waals surface area contributed by atoms with Crippen LogP contribution in [0.15, 0.2) is 84.0 Å². The molecule has 9 heteroatoms. The summed E-state index contributed by atoms with van der Waals surface area (Å²) in [6.07, 6.45) is 0.533. The molecule has 4 aromatic rings. The number of Topliss-reactive ketones (excluding diaryl/α,β-unsaturated/α-hetero) is 1. The van der Waals surface area contributed by atoms with Crippen LogP contribution in [0.3, 0.4) is 0 Å². The number of phenolic OH excluding ortho intramolecular Hbond substituents is 2. The second-order valence-corrected chi connectivity index (χ2v) is 9.96. The van der Waals surface area contributed by atoms with Crippen molar-refractivity contribution in [2.45, 2.75) is 31.4 Å². The maximum Gasteiger partial charge on any atom is 0.271 e. The molecule has 0 radical (unpaired) electrons. The van der Waals surface area contributed by atoms with E-state index in [0.29, 0.717) is 5.56 Å². The Labute approximate surface area is 230 Å². The Balaban J connectivity index is 1.49. The molecular weight excluding hydrogens is 518 g/mol. The van der Waals surface area contributed by atoms with Crippen LogP contribution in [-0.4, -0.2) is 38.8 Å². The fourth-order valence-electron chi connectivity index (χ4n) is 4.26. The van der Waals surface area contributed by atoms with E-state index in [9.17, 15) is 24.9 Å². The van der Waals surface area contributed by atoms with Gasteiger partial charge in [-0.15, -0.1) is 0 Å². The molecule has 0 saturated carbocycles. The fourth-order valence-corrected chi connectivity index (χ4v) is 4.45. The molecular formula is C30H28ClN3O5. The number of nitrogens with zero attached hydrogens (tertiary/aromatic N) is 1. The first kappa shape index (κ1) is 27.8. The van der Waals surface area contributed by atoms with Crippen molar-refractivity contribution in [2.24, 2.45) is 10.8 Å². The van der Waals surface area contributed by atoms with Crippen LogP contribution in [0.25, 0.3) is 10.8 Å². The molecule has 0 aliphatic heterocycles. The largest absolute Gasteiger partial charge is 0.508 e. The highest BCUT2D eigenvalue weighted by atomic mass is 35.5. The predicted octanol–water partition coefficient (Wildman–Crippen LogP) is 4.62. The summed E-state index contributed by atoms with van der Waals surface area (Å²) >= 11 is 5.87. The monoisotopic (exact) mass is 545 g/mol. The normalized spacial score (nSPS) is 13.7. The van der Waals surface area contributed by atoms with Gasteiger partial charge in [0.25, 0.3) is 5.91 Å². The number of benzene rings is 4. The van der Waals surface area contributed by atoms with Crippen molar-refractivity contribution in [2.75, 3.05) is 0 Å². The summed E-state index contributed by atoms with van der Waals surface area (Å²) in [6, 6.07) is 21.5. The Kier molecular flexibility index (Phi) is 8.30. The molecule has 8 nitrogen and oxygen atoms in total. The van der Waals surface area contributed by atoms with Crippen LogP contribution in [0.2, 0.25) is 5.02 Å². The average molecular weight is 546 g/mol. The predicted molar refractivity (Wildman–Crippen MR) is 151 cm³/mol. The molecule has 0 aliphatic rings. The standard InChI is InChI=1S/C30H28ClN3O5/c1-30(32,16-27(37)19-5-4-6-22(35)13-19)28(38)15-18-9-10-21(24-8-3-2-7-23(18)24)17-33-34-29(39)20-11-12-26(36)25(31)14-20/h2-14,17,27,35-37H,15-16,32H2,1H3,(H,34,39)/b33-17+/t27-,30?/m0/s1. The van der Waals surface area contributed by atoms with E-state index in [1.165, 1.54) is 36.5 Å². The van der Waals surface area contributed by atoms with E-state index in [1.807, 2.05) is 30.3 Å². The van der Waals surface area contributed by atoms with Crippen LogP contribution < -0.4 is 11.2 Å². The summed E-state index contributed by atoms with van der Waals surface area (Å²) < 4.78 is 0. The number of nitrogens with one attached hydrogen (secondary N) is 1. The first-order chi connectivity index (χ1) is 18.5. The van der Waals surface area contributed by atoms with Gasteiger partial charge >= 0.3 is 0 Å². The minimum Gasteiger partial charge on any atom is -0.508 e. The SMILES string of the molecule is CC(N)(C[C@H](O)c1cccc(O)c1)C(=O)Cc1ccc(/C=N/NC(=O)c2ccc(O)c(Cl)c2)c2ccccc12. The van der Waals surface area contributed by atoms with Crippen LogP contribution in [0.5, 0.6) is 11.5 Å². The number of hydrogen-bond acceptors (Lipinski definition) is 7. The van der Waals surface area contributed by atoms with E-state index in [2.05, 4.69) is 10.5 Å². The average Bonchev–Trinajstić information content (AvgIpc) is 2.91. The fraction of sp³-hybridized carbons (Fsp3) is 0.167. The van der Waals surface area contributed by atoms with Gasteiger partial charge in [-0.05, 0) is 59.2 Å². The highest BCUT2D eigenvalue weighted by molar-refractivity contribution is 6.32. The molecule has 200 valence electrons. The van der Waals surface area contributed by atoms with Crippen LogP contribution >= 0.6 is 11.6 Å². The molecule has 4 rings (SSSR count). The van der Waals surface area contributed by atoms with Gasteiger partial charge in [0.05, 0.1) is 22.9 Å². The Morgan fingerprint density at radius 3 is 2.49 bits per heavy atom. The molecule has 4 aromatic carbocycles. The van der Waals surface area contributed by atoms with Crippen LogP contribution in [-0.2, 0) is 11.2 Å². The molecule has 0 spiro atoms. The molecule has 1 unspecified atom stereocenters. The highest BCUT2D eigenvalue weighted by Gasteiger charge is 2.31. The quantitative estimate of drug-likeness (QED) is 0.153. The van der Waals surface area contributed by atoms with Crippen LogP contribution in [0.1, 0.15) is 46.5 Å². The van der Waals surface area contributed by atoms with E-state index in [-0.39, 0.29) is 40.7 Å². The second kappa shape index (κ2) is 11.7. The lowest BCUT2D eigenvalue weighted by Crippen LogP contribution is -2.47. The zero-order valence-corrected chi connectivity index (χ0v) is 21.9. The zero-order valence-electron chi connectivity index (χ0n) is 21.1. The summed E-state index contributed by atoms with van der Waals surface area (Å²) in [5, 5.41) is 35.6. The third-order valence-corrected chi connectivity index (χ3v) is 6.79. The minimum atomic E-state index is -1.31. The number of carbonyl (C=O) groups is 2. The lowest BCUT2D eigenvalue weighted by Gasteiger charge is -2.26. The molecule has 2 atom stereocenters. The number of aliphatic hydroxyl groups is 1. The number of carbonyl (C=O) groups excluding carboxylic acids is 2. The van der Waals surface area contributed by atoms with Crippen molar-refractivity contribution in [1.29, 1.82) is 0 Å². The van der Waals surface area contributed by atoms with Gasteiger partial charge in [0.1, 0.15) is 11.5 Å². The molecule has 0 aliphatic carbocycles. The number of amides is 1. The van der Waals surface area contributed by atoms with Crippen molar-refractivity contribution in [1.82, 2.24) is 5.43 Å². The number of nitrogens with two attached hydrogens (primary N) is 1. The Hall–Kier alpha value is -4.24. The number of fused-ring (bicyclic) bond motifs is 1. The molecule has 0 bridgehead atoms. The molecule has 0 heterocycles. The van der Waals surface area contributed by atoms with Gasteiger partial charge in [-0.2, -0.15) is 5.10 Å². The van der Waals surface area contributed by atoms with Crippen molar-refractivity contribution in [3.63, 3.8) is 0 Å². The number of ketones is 1. The summed E-state index contributed by atoms with van der Waals surface area (Å²) in [7, 11) is 0. The number of hydrogen-bond donors (Lipinski definition) is 5. The lowest BCUT2D eigenvalue weighted by atomic mass is 9.84. The Bertz CT molecular complexity index is 1570. The van der Waals surface area contributed by atoms with Crippen molar-refractivity contribution in [3.8, 4) is 11.5 Å². The maximum absolute atomic E-state index is 13.2. The van der Waals surface area contributed by atoms with Crippen molar-refractivity contribution in [3.05, 3.63) is 106 Å². The van der Waals surface area contributed by atoms with Crippen molar-refractivity contribution >= 4 is 40.3 Å². The van der Waals surface area contributed by atoms with E-state index in [4.69, 9.17) is 17.3 Å². The third-order valence-electron chi connectivity index (χ3n) is 6.49. The molecule has 1 amide bonds. The summed E-state index contributed by atoms with van der Waals surface area (Å²) in [5.41, 5.74) is 9.70. The smallest absolute Gasteiger partial charge is 0.271 e. The maximum atomic E-state index is 13.2. The molecule has 6 N–H and O–H groups in total. The molecule has 0 saturated heterocycles. The van der Waals surface area contributed by atoms with E-state index in [0.717, 1.165) is 21.9 Å². The van der Waals surface area contributed by atoms with Gasteiger partial charge in [-0.3, -0.25) is 9.59 Å². The topological polar surface area (TPSA) is 145 Å². The number of aliphatic hydroxyl groups excluding tert-OH is 1.